The van der Waals surface area contributed by atoms with Gasteiger partial charge in [0.25, 0.3) is 0 Å². The van der Waals surface area contributed by atoms with Gasteiger partial charge in [0.2, 0.25) is 10.0 Å². The molecule has 0 aromatic heterocycles. The van der Waals surface area contributed by atoms with Crippen molar-refractivity contribution < 1.29 is 23.1 Å². The summed E-state index contributed by atoms with van der Waals surface area (Å²) in [4.78, 5) is 11.3. The second kappa shape index (κ2) is 4.91. The Kier molecular flexibility index (Phi) is 4.06. The lowest BCUT2D eigenvalue weighted by Gasteiger charge is -2.21. The Labute approximate surface area is 88.9 Å². The van der Waals surface area contributed by atoms with Crippen LogP contribution in [0.5, 0.6) is 0 Å². The summed E-state index contributed by atoms with van der Waals surface area (Å²) in [6.45, 7) is -0.116. The predicted molar refractivity (Wildman–Crippen MR) is 52.6 cm³/mol. The zero-order valence-corrected chi connectivity index (χ0v) is 9.37. The van der Waals surface area contributed by atoms with Crippen molar-refractivity contribution in [1.82, 2.24) is 4.31 Å². The summed E-state index contributed by atoms with van der Waals surface area (Å²) in [5, 5.41) is 8.62. The number of rotatable bonds is 4. The van der Waals surface area contributed by atoms with Crippen molar-refractivity contribution in [2.75, 3.05) is 26.0 Å². The molecule has 0 aromatic carbocycles. The lowest BCUT2D eigenvalue weighted by Crippen LogP contribution is -2.42. The van der Waals surface area contributed by atoms with Gasteiger partial charge in [0.1, 0.15) is 6.04 Å². The highest BCUT2D eigenvalue weighted by molar-refractivity contribution is 7.89. The Morgan fingerprint density at radius 3 is 2.80 bits per heavy atom. The number of methoxy groups -OCH3 is 1. The van der Waals surface area contributed by atoms with E-state index in [9.17, 15) is 13.2 Å². The van der Waals surface area contributed by atoms with Crippen molar-refractivity contribution in [1.29, 1.82) is 0 Å². The monoisotopic (exact) mass is 237 g/mol. The van der Waals surface area contributed by atoms with E-state index in [0.29, 0.717) is 19.4 Å². The molecule has 0 radical (unpaired) electrons. The summed E-state index contributed by atoms with van der Waals surface area (Å²) < 4.78 is 28.9. The van der Waals surface area contributed by atoms with E-state index in [1.54, 1.807) is 0 Å². The lowest BCUT2D eigenvalue weighted by atomic mass is 10.2. The zero-order valence-electron chi connectivity index (χ0n) is 8.55. The summed E-state index contributed by atoms with van der Waals surface area (Å²) in [7, 11) is -2.30. The van der Waals surface area contributed by atoms with Crippen molar-refractivity contribution in [3.05, 3.63) is 0 Å². The number of aliphatic hydroxyl groups excluding tert-OH is 1. The standard InChI is InChI=1S/C8H15NO5S/c1-14-8(11)7-3-2-4-9(7)15(12,13)6-5-10/h7,10H,2-6H2,1H3. The highest BCUT2D eigenvalue weighted by Crippen LogP contribution is 2.22. The van der Waals surface area contributed by atoms with E-state index in [4.69, 9.17) is 5.11 Å². The van der Waals surface area contributed by atoms with Crippen LogP contribution in [0.15, 0.2) is 0 Å². The molecule has 0 amide bonds. The van der Waals surface area contributed by atoms with E-state index in [2.05, 4.69) is 4.74 Å². The number of carbonyl (C=O) groups excluding carboxylic acids is 1. The molecule has 88 valence electrons. The van der Waals surface area contributed by atoms with Gasteiger partial charge in [-0.2, -0.15) is 4.31 Å². The van der Waals surface area contributed by atoms with Crippen molar-refractivity contribution in [2.24, 2.45) is 0 Å². The van der Waals surface area contributed by atoms with Gasteiger partial charge in [-0.25, -0.2) is 8.42 Å². The van der Waals surface area contributed by atoms with Gasteiger partial charge in [0.15, 0.2) is 0 Å². The molecule has 0 spiro atoms. The number of hydrogen-bond donors (Lipinski definition) is 1. The molecule has 6 nitrogen and oxygen atoms in total. The number of aliphatic hydroxyl groups is 1. The minimum atomic E-state index is -3.53. The molecule has 1 heterocycles. The summed E-state index contributed by atoms with van der Waals surface area (Å²) in [5.74, 6) is -0.880. The fraction of sp³-hybridized carbons (Fsp3) is 0.875. The molecule has 0 aliphatic carbocycles. The van der Waals surface area contributed by atoms with Crippen LogP contribution in [0, 0.1) is 0 Å². The molecule has 0 aromatic rings. The fourth-order valence-electron chi connectivity index (χ4n) is 1.68. The van der Waals surface area contributed by atoms with E-state index in [1.807, 2.05) is 0 Å². The molecule has 7 heteroatoms. The Morgan fingerprint density at radius 1 is 1.60 bits per heavy atom. The first-order chi connectivity index (χ1) is 7.03. The van der Waals surface area contributed by atoms with Crippen LogP contribution in [0.4, 0.5) is 0 Å². The molecular weight excluding hydrogens is 222 g/mol. The molecule has 1 rings (SSSR count). The van der Waals surface area contributed by atoms with Crippen LogP contribution in [0.1, 0.15) is 12.8 Å². The minimum Gasteiger partial charge on any atom is -0.468 e. The number of nitrogens with zero attached hydrogens (tertiary/aromatic N) is 1. The zero-order chi connectivity index (χ0) is 11.5. The largest absolute Gasteiger partial charge is 0.468 e. The van der Waals surface area contributed by atoms with Crippen LogP contribution in [-0.2, 0) is 19.6 Å². The van der Waals surface area contributed by atoms with E-state index < -0.39 is 28.6 Å². The third kappa shape index (κ3) is 2.67. The molecule has 1 N–H and O–H groups in total. The first-order valence-corrected chi connectivity index (χ1v) is 6.32. The van der Waals surface area contributed by atoms with Gasteiger partial charge >= 0.3 is 5.97 Å². The molecule has 15 heavy (non-hydrogen) atoms. The molecule has 1 aliphatic heterocycles. The second-order valence-corrected chi connectivity index (χ2v) is 5.37. The van der Waals surface area contributed by atoms with Gasteiger partial charge in [-0.05, 0) is 12.8 Å². The molecule has 1 atom stereocenters. The molecule has 1 fully saturated rings. The number of ether oxygens (including phenoxy) is 1. The topological polar surface area (TPSA) is 83.9 Å². The third-order valence-corrected chi connectivity index (χ3v) is 4.23. The minimum absolute atomic E-state index is 0.322. The van der Waals surface area contributed by atoms with Crippen molar-refractivity contribution >= 4 is 16.0 Å². The maximum Gasteiger partial charge on any atom is 0.324 e. The average Bonchev–Trinajstić information content (AvgIpc) is 2.65. The number of hydrogen-bond acceptors (Lipinski definition) is 5. The van der Waals surface area contributed by atoms with Gasteiger partial charge in [-0.1, -0.05) is 0 Å². The predicted octanol–water partition coefficient (Wildman–Crippen LogP) is -1.05. The van der Waals surface area contributed by atoms with Crippen LogP contribution >= 0.6 is 0 Å². The van der Waals surface area contributed by atoms with E-state index in [1.165, 1.54) is 7.11 Å². The maximum atomic E-state index is 11.6. The maximum absolute atomic E-state index is 11.6. The summed E-state index contributed by atoms with van der Waals surface area (Å²) in [5.41, 5.74) is 0. The SMILES string of the molecule is COC(=O)C1CCCN1S(=O)(=O)CCO. The Balaban J connectivity index is 2.81. The summed E-state index contributed by atoms with van der Waals surface area (Å²) >= 11 is 0. The highest BCUT2D eigenvalue weighted by atomic mass is 32.2. The average molecular weight is 237 g/mol. The van der Waals surface area contributed by atoms with Crippen molar-refractivity contribution in [2.45, 2.75) is 18.9 Å². The van der Waals surface area contributed by atoms with Gasteiger partial charge in [0, 0.05) is 6.54 Å². The molecule has 1 saturated heterocycles. The lowest BCUT2D eigenvalue weighted by molar-refractivity contribution is -0.144. The van der Waals surface area contributed by atoms with E-state index in [-0.39, 0.29) is 5.75 Å². The van der Waals surface area contributed by atoms with Crippen LogP contribution in [0.3, 0.4) is 0 Å². The van der Waals surface area contributed by atoms with Gasteiger partial charge in [-0.15, -0.1) is 0 Å². The fourth-order valence-corrected chi connectivity index (χ4v) is 3.13. The van der Waals surface area contributed by atoms with Gasteiger partial charge in [0.05, 0.1) is 19.5 Å². The Bertz CT molecular complexity index is 326. The van der Waals surface area contributed by atoms with Crippen LogP contribution in [-0.4, -0.2) is 55.9 Å². The van der Waals surface area contributed by atoms with Gasteiger partial charge in [-0.3, -0.25) is 4.79 Å². The third-order valence-electron chi connectivity index (χ3n) is 2.38. The van der Waals surface area contributed by atoms with E-state index in [0.717, 1.165) is 4.31 Å². The molecule has 0 saturated carbocycles. The normalized spacial score (nSPS) is 22.9. The highest BCUT2D eigenvalue weighted by Gasteiger charge is 2.38. The van der Waals surface area contributed by atoms with Crippen LogP contribution < -0.4 is 0 Å². The molecular formula is C8H15NO5S. The van der Waals surface area contributed by atoms with Crippen LogP contribution in [0.2, 0.25) is 0 Å². The molecule has 1 aliphatic rings. The van der Waals surface area contributed by atoms with Gasteiger partial charge < -0.3 is 9.84 Å². The van der Waals surface area contributed by atoms with Crippen LogP contribution in [0.25, 0.3) is 0 Å². The summed E-state index contributed by atoms with van der Waals surface area (Å²) in [6.07, 6.45) is 1.13. The molecule has 1 unspecified atom stereocenters. The second-order valence-electron chi connectivity index (χ2n) is 3.33. The quantitative estimate of drug-likeness (QED) is 0.630. The number of sulfonamides is 1. The Hall–Kier alpha value is -0.660. The summed E-state index contributed by atoms with van der Waals surface area (Å²) in [6, 6.07) is -0.716. The first kappa shape index (κ1) is 12.4. The Morgan fingerprint density at radius 2 is 2.27 bits per heavy atom. The number of esters is 1. The van der Waals surface area contributed by atoms with E-state index >= 15 is 0 Å². The number of carbonyl (C=O) groups is 1. The smallest absolute Gasteiger partial charge is 0.324 e. The van der Waals surface area contributed by atoms with Crippen molar-refractivity contribution in [3.63, 3.8) is 0 Å². The molecule has 0 bridgehead atoms. The first-order valence-electron chi connectivity index (χ1n) is 4.71. The van der Waals surface area contributed by atoms with Crippen molar-refractivity contribution in [3.8, 4) is 0 Å².